The van der Waals surface area contributed by atoms with E-state index in [9.17, 15) is 4.79 Å². The van der Waals surface area contributed by atoms with Crippen molar-refractivity contribution in [2.75, 3.05) is 6.61 Å². The van der Waals surface area contributed by atoms with Crippen LogP contribution >= 0.6 is 0 Å². The van der Waals surface area contributed by atoms with Crippen molar-refractivity contribution < 1.29 is 9.53 Å². The van der Waals surface area contributed by atoms with E-state index in [1.807, 2.05) is 19.1 Å². The molecule has 0 spiro atoms. The maximum absolute atomic E-state index is 11.1. The van der Waals surface area contributed by atoms with E-state index in [0.29, 0.717) is 13.0 Å². The molecule has 0 rings (SSSR count). The summed E-state index contributed by atoms with van der Waals surface area (Å²) in [6.07, 6.45) is 10.2. The van der Waals surface area contributed by atoms with Gasteiger partial charge in [-0.3, -0.25) is 4.79 Å². The van der Waals surface area contributed by atoms with E-state index >= 15 is 0 Å². The topological polar surface area (TPSA) is 26.3 Å². The summed E-state index contributed by atoms with van der Waals surface area (Å²) in [5.41, 5.74) is 0. The largest absolute Gasteiger partial charge is 0.461 e. The Labute approximate surface area is 87.3 Å². The Morgan fingerprint density at radius 2 is 1.93 bits per heavy atom. The summed E-state index contributed by atoms with van der Waals surface area (Å²) < 4.78 is 4.96. The molecule has 0 aliphatic rings. The smallest absolute Gasteiger partial charge is 0.306 e. The van der Waals surface area contributed by atoms with E-state index in [0.717, 1.165) is 12.8 Å². The molecule has 0 bridgehead atoms. The second-order valence-corrected chi connectivity index (χ2v) is 3.42. The first kappa shape index (κ1) is 13.2. The van der Waals surface area contributed by atoms with Crippen LogP contribution in [0.25, 0.3) is 0 Å². The van der Waals surface area contributed by atoms with Gasteiger partial charge in [-0.15, -0.1) is 0 Å². The highest BCUT2D eigenvalue weighted by Crippen LogP contribution is 2.05. The molecule has 2 nitrogen and oxygen atoms in total. The maximum atomic E-state index is 11.1. The third-order valence-corrected chi connectivity index (χ3v) is 2.06. The predicted octanol–water partition coefficient (Wildman–Crippen LogP) is 3.47. The second-order valence-electron chi connectivity index (χ2n) is 3.42. The van der Waals surface area contributed by atoms with Gasteiger partial charge < -0.3 is 4.74 Å². The van der Waals surface area contributed by atoms with Crippen LogP contribution in [0.5, 0.6) is 0 Å². The minimum atomic E-state index is -0.0698. The van der Waals surface area contributed by atoms with Crippen LogP contribution in [0.1, 0.15) is 52.4 Å². The lowest BCUT2D eigenvalue weighted by atomic mass is 10.1. The van der Waals surface area contributed by atoms with Crippen LogP contribution in [-0.4, -0.2) is 12.6 Å². The number of ether oxygens (including phenoxy) is 1. The van der Waals surface area contributed by atoms with Gasteiger partial charge in [0.05, 0.1) is 0 Å². The van der Waals surface area contributed by atoms with Gasteiger partial charge >= 0.3 is 5.97 Å². The molecule has 14 heavy (non-hydrogen) atoms. The Bertz CT molecular complexity index is 162. The Kier molecular flexibility index (Phi) is 9.71. The van der Waals surface area contributed by atoms with E-state index in [1.165, 1.54) is 19.3 Å². The average molecular weight is 198 g/mol. The Morgan fingerprint density at radius 1 is 1.21 bits per heavy atom. The van der Waals surface area contributed by atoms with Crippen molar-refractivity contribution in [1.82, 2.24) is 0 Å². The number of allylic oxidation sites excluding steroid dienone is 1. The van der Waals surface area contributed by atoms with Crippen molar-refractivity contribution in [1.29, 1.82) is 0 Å². The van der Waals surface area contributed by atoms with Gasteiger partial charge in [-0.25, -0.2) is 0 Å². The summed E-state index contributed by atoms with van der Waals surface area (Å²) in [5, 5.41) is 0. The minimum absolute atomic E-state index is 0.0698. The van der Waals surface area contributed by atoms with E-state index < -0.39 is 0 Å². The molecule has 0 aliphatic heterocycles. The molecule has 0 saturated heterocycles. The molecule has 0 heterocycles. The van der Waals surface area contributed by atoms with Crippen LogP contribution < -0.4 is 0 Å². The standard InChI is InChI=1S/C12H22O2/c1-3-5-7-8-9-10-12(13)14-11-6-4-2/h4,6H,3,5,7-11H2,1-2H3. The molecule has 0 fully saturated rings. The molecule has 0 aromatic carbocycles. The van der Waals surface area contributed by atoms with Crippen LogP contribution in [0, 0.1) is 0 Å². The van der Waals surface area contributed by atoms with Crippen molar-refractivity contribution in [3.05, 3.63) is 12.2 Å². The molecule has 0 saturated carbocycles. The zero-order valence-electron chi connectivity index (χ0n) is 9.42. The number of unbranched alkanes of at least 4 members (excludes halogenated alkanes) is 4. The van der Waals surface area contributed by atoms with Gasteiger partial charge in [-0.1, -0.05) is 44.8 Å². The van der Waals surface area contributed by atoms with Gasteiger partial charge in [-0.05, 0) is 13.3 Å². The number of hydrogen-bond acceptors (Lipinski definition) is 2. The van der Waals surface area contributed by atoms with Crippen molar-refractivity contribution in [2.45, 2.75) is 52.4 Å². The monoisotopic (exact) mass is 198 g/mol. The third kappa shape index (κ3) is 9.30. The van der Waals surface area contributed by atoms with Crippen molar-refractivity contribution >= 4 is 5.97 Å². The van der Waals surface area contributed by atoms with Gasteiger partial charge in [-0.2, -0.15) is 0 Å². The fourth-order valence-corrected chi connectivity index (χ4v) is 1.18. The zero-order valence-corrected chi connectivity index (χ0v) is 9.42. The average Bonchev–Trinajstić information content (AvgIpc) is 2.18. The third-order valence-electron chi connectivity index (χ3n) is 2.06. The first-order chi connectivity index (χ1) is 6.81. The molecule has 0 N–H and O–H groups in total. The summed E-state index contributed by atoms with van der Waals surface area (Å²) in [4.78, 5) is 11.1. The summed E-state index contributed by atoms with van der Waals surface area (Å²) in [6.45, 7) is 4.52. The normalized spacial score (nSPS) is 10.7. The predicted molar refractivity (Wildman–Crippen MR) is 59.1 cm³/mol. The SMILES string of the molecule is CC=CCOC(=O)CCCCCCC. The molecule has 0 unspecified atom stereocenters. The highest BCUT2D eigenvalue weighted by atomic mass is 16.5. The lowest BCUT2D eigenvalue weighted by Crippen LogP contribution is -2.03. The van der Waals surface area contributed by atoms with E-state index in [-0.39, 0.29) is 5.97 Å². The molecule has 0 aromatic heterocycles. The maximum Gasteiger partial charge on any atom is 0.306 e. The van der Waals surface area contributed by atoms with Crippen molar-refractivity contribution in [3.8, 4) is 0 Å². The highest BCUT2D eigenvalue weighted by molar-refractivity contribution is 5.69. The molecule has 0 radical (unpaired) electrons. The van der Waals surface area contributed by atoms with Crippen LogP contribution in [-0.2, 0) is 9.53 Å². The van der Waals surface area contributed by atoms with Crippen molar-refractivity contribution in [2.24, 2.45) is 0 Å². The molecule has 82 valence electrons. The number of carbonyl (C=O) groups excluding carboxylic acids is 1. The first-order valence-corrected chi connectivity index (χ1v) is 5.58. The summed E-state index contributed by atoms with van der Waals surface area (Å²) in [5.74, 6) is -0.0698. The molecular weight excluding hydrogens is 176 g/mol. The van der Waals surface area contributed by atoms with E-state index in [4.69, 9.17) is 4.74 Å². The van der Waals surface area contributed by atoms with Gasteiger partial charge in [0.2, 0.25) is 0 Å². The molecule has 0 aliphatic carbocycles. The van der Waals surface area contributed by atoms with Crippen LogP contribution in [0.3, 0.4) is 0 Å². The molecule has 0 atom stereocenters. The minimum Gasteiger partial charge on any atom is -0.461 e. The van der Waals surface area contributed by atoms with Crippen LogP contribution in [0.4, 0.5) is 0 Å². The molecule has 0 aromatic rings. The first-order valence-electron chi connectivity index (χ1n) is 5.58. The molecule has 2 heteroatoms. The lowest BCUT2D eigenvalue weighted by Gasteiger charge is -2.01. The highest BCUT2D eigenvalue weighted by Gasteiger charge is 2.00. The van der Waals surface area contributed by atoms with Gasteiger partial charge in [0.15, 0.2) is 0 Å². The Balaban J connectivity index is 3.18. The Morgan fingerprint density at radius 3 is 2.57 bits per heavy atom. The number of carbonyl (C=O) groups is 1. The van der Waals surface area contributed by atoms with Gasteiger partial charge in [0.1, 0.15) is 6.61 Å². The lowest BCUT2D eigenvalue weighted by molar-refractivity contribution is -0.142. The summed E-state index contributed by atoms with van der Waals surface area (Å²) in [7, 11) is 0. The fourth-order valence-electron chi connectivity index (χ4n) is 1.18. The number of hydrogen-bond donors (Lipinski definition) is 0. The van der Waals surface area contributed by atoms with E-state index in [2.05, 4.69) is 6.92 Å². The molecular formula is C12H22O2. The Hall–Kier alpha value is -0.790. The van der Waals surface area contributed by atoms with E-state index in [1.54, 1.807) is 0 Å². The summed E-state index contributed by atoms with van der Waals surface area (Å²) >= 11 is 0. The van der Waals surface area contributed by atoms with Crippen molar-refractivity contribution in [3.63, 3.8) is 0 Å². The number of esters is 1. The van der Waals surface area contributed by atoms with Crippen LogP contribution in [0.15, 0.2) is 12.2 Å². The summed E-state index contributed by atoms with van der Waals surface area (Å²) in [6, 6.07) is 0. The molecule has 0 amide bonds. The fraction of sp³-hybridized carbons (Fsp3) is 0.750. The quantitative estimate of drug-likeness (QED) is 0.339. The second kappa shape index (κ2) is 10.3. The van der Waals surface area contributed by atoms with Gasteiger partial charge in [0, 0.05) is 6.42 Å². The number of rotatable bonds is 8. The zero-order chi connectivity index (χ0) is 10.6. The van der Waals surface area contributed by atoms with Crippen LogP contribution in [0.2, 0.25) is 0 Å². The van der Waals surface area contributed by atoms with Gasteiger partial charge in [0.25, 0.3) is 0 Å².